The van der Waals surface area contributed by atoms with Crippen LogP contribution in [0, 0.1) is 11.8 Å². The van der Waals surface area contributed by atoms with Crippen LogP contribution in [0.25, 0.3) is 0 Å². The molecule has 1 atom stereocenters. The summed E-state index contributed by atoms with van der Waals surface area (Å²) in [5.74, 6) is 4.12. The minimum atomic E-state index is 0.643. The van der Waals surface area contributed by atoms with Gasteiger partial charge >= 0.3 is 0 Å². The van der Waals surface area contributed by atoms with Gasteiger partial charge in [0.2, 0.25) is 0 Å². The molecule has 0 saturated heterocycles. The number of nitrogens with one attached hydrogen (secondary N) is 1. The van der Waals surface area contributed by atoms with E-state index >= 15 is 0 Å². The van der Waals surface area contributed by atoms with Crippen molar-refractivity contribution in [1.29, 1.82) is 0 Å². The molecule has 3 N–H and O–H groups in total. The van der Waals surface area contributed by atoms with E-state index in [9.17, 15) is 0 Å². The van der Waals surface area contributed by atoms with Gasteiger partial charge in [-0.05, 0) is 44.1 Å². The normalized spacial score (nSPS) is 17.6. The summed E-state index contributed by atoms with van der Waals surface area (Å²) in [5, 5.41) is 7.36. The highest BCUT2D eigenvalue weighted by Crippen LogP contribution is 2.37. The summed E-state index contributed by atoms with van der Waals surface area (Å²) < 4.78 is 0. The number of H-pyrrole nitrogens is 1. The molecule has 96 valence electrons. The quantitative estimate of drug-likeness (QED) is 0.763. The number of hydrogen-bond donors (Lipinski definition) is 2. The molecule has 0 bridgehead atoms. The first kappa shape index (κ1) is 12.6. The van der Waals surface area contributed by atoms with E-state index in [-0.39, 0.29) is 0 Å². The monoisotopic (exact) mass is 236 g/mol. The lowest BCUT2D eigenvalue weighted by atomic mass is 9.88. The topological polar surface area (TPSA) is 67.6 Å². The van der Waals surface area contributed by atoms with Crippen LogP contribution in [0.5, 0.6) is 0 Å². The van der Waals surface area contributed by atoms with Crippen molar-refractivity contribution in [3.05, 3.63) is 11.6 Å². The van der Waals surface area contributed by atoms with E-state index in [0.29, 0.717) is 17.8 Å². The summed E-state index contributed by atoms with van der Waals surface area (Å²) in [4.78, 5) is 4.57. The van der Waals surface area contributed by atoms with Crippen LogP contribution in [0.4, 0.5) is 0 Å². The van der Waals surface area contributed by atoms with Crippen LogP contribution in [0.15, 0.2) is 0 Å². The molecule has 4 heteroatoms. The lowest BCUT2D eigenvalue weighted by molar-refractivity contribution is 0.339. The molecule has 1 heterocycles. The van der Waals surface area contributed by atoms with E-state index < -0.39 is 0 Å². The molecular formula is C13H24N4. The third kappa shape index (κ3) is 3.53. The molecule has 2 rings (SSSR count). The SMILES string of the molecule is CC(C)C(CCN)CCc1nc(C2CC2)n[nH]1. The van der Waals surface area contributed by atoms with Crippen LogP contribution in [0.1, 0.15) is 57.1 Å². The van der Waals surface area contributed by atoms with Crippen molar-refractivity contribution in [1.82, 2.24) is 15.2 Å². The average molecular weight is 236 g/mol. The van der Waals surface area contributed by atoms with Crippen molar-refractivity contribution < 1.29 is 0 Å². The molecule has 1 unspecified atom stereocenters. The zero-order valence-corrected chi connectivity index (χ0v) is 10.9. The van der Waals surface area contributed by atoms with Gasteiger partial charge in [0.15, 0.2) is 5.82 Å². The van der Waals surface area contributed by atoms with Crippen LogP contribution in [0.2, 0.25) is 0 Å². The van der Waals surface area contributed by atoms with E-state index in [4.69, 9.17) is 5.73 Å². The number of aromatic amines is 1. The highest BCUT2D eigenvalue weighted by atomic mass is 15.2. The van der Waals surface area contributed by atoms with Crippen LogP contribution in [-0.2, 0) is 6.42 Å². The Morgan fingerprint density at radius 1 is 1.35 bits per heavy atom. The molecule has 0 radical (unpaired) electrons. The Bertz CT molecular complexity index is 341. The number of nitrogens with two attached hydrogens (primary N) is 1. The summed E-state index contributed by atoms with van der Waals surface area (Å²) in [7, 11) is 0. The first-order chi connectivity index (χ1) is 8.20. The van der Waals surface area contributed by atoms with Crippen molar-refractivity contribution in [3.8, 4) is 0 Å². The summed E-state index contributed by atoms with van der Waals surface area (Å²) in [6.45, 7) is 5.33. The first-order valence-electron chi connectivity index (χ1n) is 6.82. The Kier molecular flexibility index (Phi) is 4.15. The molecule has 1 aliphatic carbocycles. The zero-order chi connectivity index (χ0) is 12.3. The Hall–Kier alpha value is -0.900. The molecule has 1 aliphatic rings. The predicted molar refractivity (Wildman–Crippen MR) is 68.7 cm³/mol. The first-order valence-corrected chi connectivity index (χ1v) is 6.82. The van der Waals surface area contributed by atoms with Crippen LogP contribution >= 0.6 is 0 Å². The van der Waals surface area contributed by atoms with Gasteiger partial charge in [-0.25, -0.2) is 4.98 Å². The second-order valence-corrected chi connectivity index (χ2v) is 5.53. The van der Waals surface area contributed by atoms with Gasteiger partial charge in [-0.1, -0.05) is 13.8 Å². The lowest BCUT2D eigenvalue weighted by Gasteiger charge is -2.19. The molecule has 1 aromatic heterocycles. The molecule has 17 heavy (non-hydrogen) atoms. The fourth-order valence-electron chi connectivity index (χ4n) is 2.29. The molecule has 0 amide bonds. The van der Waals surface area contributed by atoms with Gasteiger partial charge in [-0.2, -0.15) is 5.10 Å². The summed E-state index contributed by atoms with van der Waals surface area (Å²) in [6, 6.07) is 0. The Balaban J connectivity index is 1.82. The third-order valence-corrected chi connectivity index (χ3v) is 3.72. The van der Waals surface area contributed by atoms with E-state index in [1.807, 2.05) is 0 Å². The van der Waals surface area contributed by atoms with Crippen LogP contribution in [0.3, 0.4) is 0 Å². The fourth-order valence-corrected chi connectivity index (χ4v) is 2.29. The lowest BCUT2D eigenvalue weighted by Crippen LogP contribution is -2.15. The van der Waals surface area contributed by atoms with Gasteiger partial charge in [0, 0.05) is 12.3 Å². The highest BCUT2D eigenvalue weighted by molar-refractivity contribution is 5.05. The minimum Gasteiger partial charge on any atom is -0.330 e. The second kappa shape index (κ2) is 5.63. The molecule has 0 spiro atoms. The predicted octanol–water partition coefficient (Wildman–Crippen LogP) is 2.24. The number of rotatable bonds is 7. The Morgan fingerprint density at radius 2 is 2.12 bits per heavy atom. The van der Waals surface area contributed by atoms with Gasteiger partial charge in [0.05, 0.1) is 0 Å². The van der Waals surface area contributed by atoms with Crippen molar-refractivity contribution in [2.24, 2.45) is 17.6 Å². The largest absolute Gasteiger partial charge is 0.330 e. The number of aromatic nitrogens is 3. The van der Waals surface area contributed by atoms with E-state index in [1.54, 1.807) is 0 Å². The van der Waals surface area contributed by atoms with Crippen molar-refractivity contribution in [3.63, 3.8) is 0 Å². The van der Waals surface area contributed by atoms with E-state index in [2.05, 4.69) is 29.0 Å². The highest BCUT2D eigenvalue weighted by Gasteiger charge is 2.27. The third-order valence-electron chi connectivity index (χ3n) is 3.72. The van der Waals surface area contributed by atoms with Crippen molar-refractivity contribution >= 4 is 0 Å². The number of nitrogens with zero attached hydrogens (tertiary/aromatic N) is 2. The smallest absolute Gasteiger partial charge is 0.153 e. The zero-order valence-electron chi connectivity index (χ0n) is 10.9. The number of hydrogen-bond acceptors (Lipinski definition) is 3. The van der Waals surface area contributed by atoms with Gasteiger partial charge in [0.25, 0.3) is 0 Å². The second-order valence-electron chi connectivity index (χ2n) is 5.53. The summed E-state index contributed by atoms with van der Waals surface area (Å²) in [6.07, 6.45) is 5.80. The van der Waals surface area contributed by atoms with Gasteiger partial charge in [0.1, 0.15) is 5.82 Å². The molecule has 0 aromatic carbocycles. The van der Waals surface area contributed by atoms with Crippen molar-refractivity contribution in [2.75, 3.05) is 6.54 Å². The fraction of sp³-hybridized carbons (Fsp3) is 0.846. The molecule has 1 fully saturated rings. The maximum absolute atomic E-state index is 5.65. The van der Waals surface area contributed by atoms with E-state index in [1.165, 1.54) is 12.8 Å². The van der Waals surface area contributed by atoms with Gasteiger partial charge in [-0.3, -0.25) is 5.10 Å². The molecule has 1 saturated carbocycles. The summed E-state index contributed by atoms with van der Waals surface area (Å²) >= 11 is 0. The van der Waals surface area contributed by atoms with Crippen molar-refractivity contribution in [2.45, 2.75) is 51.9 Å². The average Bonchev–Trinajstić information content (AvgIpc) is 3.04. The standard InChI is InChI=1S/C13H24N4/c1-9(2)10(7-8-14)5-6-12-15-13(17-16-12)11-3-4-11/h9-11H,3-8,14H2,1-2H3,(H,15,16,17). The molecule has 1 aromatic rings. The number of aryl methyl sites for hydroxylation is 1. The van der Waals surface area contributed by atoms with Crippen LogP contribution in [-0.4, -0.2) is 21.7 Å². The van der Waals surface area contributed by atoms with Crippen LogP contribution < -0.4 is 5.73 Å². The van der Waals surface area contributed by atoms with E-state index in [0.717, 1.165) is 37.5 Å². The van der Waals surface area contributed by atoms with Gasteiger partial charge < -0.3 is 5.73 Å². The summed E-state index contributed by atoms with van der Waals surface area (Å²) in [5.41, 5.74) is 5.65. The Morgan fingerprint density at radius 3 is 2.71 bits per heavy atom. The molecular weight excluding hydrogens is 212 g/mol. The Labute approximate surface area is 103 Å². The molecule has 4 nitrogen and oxygen atoms in total. The van der Waals surface area contributed by atoms with Gasteiger partial charge in [-0.15, -0.1) is 0 Å². The maximum atomic E-state index is 5.65. The minimum absolute atomic E-state index is 0.643. The maximum Gasteiger partial charge on any atom is 0.153 e. The molecule has 0 aliphatic heterocycles.